The molecule has 0 aliphatic rings. The molecule has 12 heavy (non-hydrogen) atoms. The maximum Gasteiger partial charge on any atom is 0.127 e. The zero-order chi connectivity index (χ0) is 9.94. The SMILES string of the molecule is [B]C(C(=O)CC)C(C)(C)C(C)C. The second-order valence-corrected chi connectivity index (χ2v) is 4.27. The molecule has 0 bridgehead atoms. The van der Waals surface area contributed by atoms with Crippen LogP contribution in [-0.2, 0) is 4.79 Å². The van der Waals surface area contributed by atoms with Crippen LogP contribution in [0.5, 0.6) is 0 Å². The van der Waals surface area contributed by atoms with Gasteiger partial charge in [0.25, 0.3) is 0 Å². The normalized spacial score (nSPS) is 14.8. The minimum atomic E-state index is -0.317. The predicted octanol–water partition coefficient (Wildman–Crippen LogP) is 2.60. The van der Waals surface area contributed by atoms with Crippen LogP contribution in [0.3, 0.4) is 0 Å². The van der Waals surface area contributed by atoms with Gasteiger partial charge in [0.1, 0.15) is 5.78 Å². The summed E-state index contributed by atoms with van der Waals surface area (Å²) in [6, 6.07) is 0. The highest BCUT2D eigenvalue weighted by molar-refractivity contribution is 6.24. The first-order valence-electron chi connectivity index (χ1n) is 4.62. The highest BCUT2D eigenvalue weighted by Gasteiger charge is 2.32. The summed E-state index contributed by atoms with van der Waals surface area (Å²) in [7, 11) is 5.86. The van der Waals surface area contributed by atoms with Gasteiger partial charge in [-0.1, -0.05) is 34.6 Å². The summed E-state index contributed by atoms with van der Waals surface area (Å²) in [5, 5.41) is 0. The van der Waals surface area contributed by atoms with Gasteiger partial charge in [0, 0.05) is 6.42 Å². The van der Waals surface area contributed by atoms with Crippen LogP contribution in [0.2, 0.25) is 5.82 Å². The third-order valence-corrected chi connectivity index (χ3v) is 2.98. The molecule has 0 amide bonds. The molecule has 2 heteroatoms. The summed E-state index contributed by atoms with van der Waals surface area (Å²) in [5.74, 6) is 0.277. The van der Waals surface area contributed by atoms with Gasteiger partial charge in [-0.05, 0) is 17.2 Å². The van der Waals surface area contributed by atoms with E-state index in [0.29, 0.717) is 12.3 Å². The average Bonchev–Trinajstić information content (AvgIpc) is 2.01. The van der Waals surface area contributed by atoms with Crippen LogP contribution in [-0.4, -0.2) is 13.6 Å². The molecule has 0 heterocycles. The lowest BCUT2D eigenvalue weighted by molar-refractivity contribution is -0.121. The fraction of sp³-hybridized carbons (Fsp3) is 0.900. The molecule has 0 aromatic carbocycles. The Balaban J connectivity index is 4.45. The number of rotatable bonds is 4. The molecule has 0 fully saturated rings. The Morgan fingerprint density at radius 3 is 2.08 bits per heavy atom. The van der Waals surface area contributed by atoms with Crippen molar-refractivity contribution >= 4 is 13.6 Å². The van der Waals surface area contributed by atoms with E-state index in [1.54, 1.807) is 0 Å². The van der Waals surface area contributed by atoms with Gasteiger partial charge in [-0.25, -0.2) is 0 Å². The van der Waals surface area contributed by atoms with Gasteiger partial charge in [0.2, 0.25) is 0 Å². The molecule has 0 aliphatic carbocycles. The third kappa shape index (κ3) is 2.36. The lowest BCUT2D eigenvalue weighted by Crippen LogP contribution is -2.30. The van der Waals surface area contributed by atoms with Crippen molar-refractivity contribution in [1.29, 1.82) is 0 Å². The number of Topliss-reactive ketones (excluding diaryl/α,β-unsaturated/α-hetero) is 1. The van der Waals surface area contributed by atoms with Gasteiger partial charge in [-0.15, -0.1) is 0 Å². The molecule has 0 aliphatic heterocycles. The maximum absolute atomic E-state index is 11.3. The smallest absolute Gasteiger partial charge is 0.127 e. The molecule has 0 rings (SSSR count). The Hall–Kier alpha value is -0.265. The van der Waals surface area contributed by atoms with Crippen molar-refractivity contribution in [1.82, 2.24) is 0 Å². The predicted molar refractivity (Wildman–Crippen MR) is 53.4 cm³/mol. The molecule has 1 atom stereocenters. The van der Waals surface area contributed by atoms with Gasteiger partial charge in [0.15, 0.2) is 0 Å². The van der Waals surface area contributed by atoms with Crippen molar-refractivity contribution < 1.29 is 4.79 Å². The minimum Gasteiger partial charge on any atom is -0.300 e. The number of hydrogen-bond donors (Lipinski definition) is 0. The number of carbonyl (C=O) groups is 1. The molecule has 1 nitrogen and oxygen atoms in total. The Kier molecular flexibility index (Phi) is 4.02. The summed E-state index contributed by atoms with van der Waals surface area (Å²) in [6.45, 7) is 10.2. The fourth-order valence-electron chi connectivity index (χ4n) is 0.994. The number of hydrogen-bond acceptors (Lipinski definition) is 1. The van der Waals surface area contributed by atoms with Crippen molar-refractivity contribution in [2.75, 3.05) is 0 Å². The van der Waals surface area contributed by atoms with Gasteiger partial charge in [-0.3, -0.25) is 0 Å². The van der Waals surface area contributed by atoms with Crippen molar-refractivity contribution in [3.8, 4) is 0 Å². The molecule has 1 unspecified atom stereocenters. The number of carbonyl (C=O) groups excluding carboxylic acids is 1. The van der Waals surface area contributed by atoms with E-state index in [9.17, 15) is 4.79 Å². The molecule has 0 aromatic heterocycles. The van der Waals surface area contributed by atoms with Crippen LogP contribution in [0.25, 0.3) is 0 Å². The second-order valence-electron chi connectivity index (χ2n) is 4.27. The minimum absolute atomic E-state index is 0.0902. The van der Waals surface area contributed by atoms with E-state index in [0.717, 1.165) is 0 Å². The lowest BCUT2D eigenvalue weighted by Gasteiger charge is -2.35. The molecule has 2 radical (unpaired) electrons. The first-order chi connectivity index (χ1) is 5.34. The van der Waals surface area contributed by atoms with Crippen molar-refractivity contribution in [3.05, 3.63) is 0 Å². The molecule has 0 spiro atoms. The van der Waals surface area contributed by atoms with Crippen LogP contribution in [0, 0.1) is 11.3 Å². The zero-order valence-corrected chi connectivity index (χ0v) is 8.85. The Morgan fingerprint density at radius 2 is 1.83 bits per heavy atom. The lowest BCUT2D eigenvalue weighted by atomic mass is 9.60. The summed E-state index contributed by atoms with van der Waals surface area (Å²) < 4.78 is 0. The molecule has 68 valence electrons. The first-order valence-corrected chi connectivity index (χ1v) is 4.62. The Morgan fingerprint density at radius 1 is 1.42 bits per heavy atom. The monoisotopic (exact) mass is 166 g/mol. The number of ketones is 1. The maximum atomic E-state index is 11.3. The summed E-state index contributed by atoms with van der Waals surface area (Å²) >= 11 is 0. The van der Waals surface area contributed by atoms with Crippen LogP contribution < -0.4 is 0 Å². The quantitative estimate of drug-likeness (QED) is 0.586. The molecular weight excluding hydrogens is 147 g/mol. The third-order valence-electron chi connectivity index (χ3n) is 2.98. The van der Waals surface area contributed by atoms with Crippen molar-refractivity contribution in [2.24, 2.45) is 11.3 Å². The summed E-state index contributed by atoms with van der Waals surface area (Å²) in [4.78, 5) is 11.3. The topological polar surface area (TPSA) is 17.1 Å². The summed E-state index contributed by atoms with van der Waals surface area (Å²) in [6.07, 6.45) is 0.539. The largest absolute Gasteiger partial charge is 0.300 e. The zero-order valence-electron chi connectivity index (χ0n) is 8.85. The van der Waals surface area contributed by atoms with Crippen molar-refractivity contribution in [2.45, 2.75) is 46.9 Å². The fourth-order valence-corrected chi connectivity index (χ4v) is 0.994. The first kappa shape index (κ1) is 11.7. The summed E-state index contributed by atoms with van der Waals surface area (Å²) in [5.41, 5.74) is -0.0902. The van der Waals surface area contributed by atoms with E-state index in [-0.39, 0.29) is 17.0 Å². The highest BCUT2D eigenvalue weighted by atomic mass is 16.1. The Bertz CT molecular complexity index is 161. The standard InChI is InChI=1S/C10H19BO/c1-6-8(12)9(11)10(4,5)7(2)3/h7,9H,6H2,1-5H3. The molecule has 0 aromatic rings. The van der Waals surface area contributed by atoms with Gasteiger partial charge in [-0.2, -0.15) is 0 Å². The van der Waals surface area contributed by atoms with Crippen LogP contribution >= 0.6 is 0 Å². The van der Waals surface area contributed by atoms with E-state index in [2.05, 4.69) is 27.7 Å². The van der Waals surface area contributed by atoms with E-state index >= 15 is 0 Å². The van der Waals surface area contributed by atoms with Gasteiger partial charge < -0.3 is 4.79 Å². The second kappa shape index (κ2) is 4.11. The average molecular weight is 166 g/mol. The molecule has 0 saturated heterocycles. The van der Waals surface area contributed by atoms with Gasteiger partial charge in [0.05, 0.1) is 7.85 Å². The van der Waals surface area contributed by atoms with Gasteiger partial charge >= 0.3 is 0 Å². The van der Waals surface area contributed by atoms with Crippen molar-refractivity contribution in [3.63, 3.8) is 0 Å². The molecular formula is C10H19BO. The van der Waals surface area contributed by atoms with E-state index < -0.39 is 0 Å². The Labute approximate surface area is 77.3 Å². The van der Waals surface area contributed by atoms with Crippen LogP contribution in [0.1, 0.15) is 41.0 Å². The molecule has 0 N–H and O–H groups in total. The van der Waals surface area contributed by atoms with E-state index in [1.165, 1.54) is 0 Å². The highest BCUT2D eigenvalue weighted by Crippen LogP contribution is 2.38. The van der Waals surface area contributed by atoms with Crippen LogP contribution in [0.4, 0.5) is 0 Å². The molecule has 0 saturated carbocycles. The van der Waals surface area contributed by atoms with E-state index in [4.69, 9.17) is 7.85 Å². The van der Waals surface area contributed by atoms with Crippen LogP contribution in [0.15, 0.2) is 0 Å². The van der Waals surface area contributed by atoms with E-state index in [1.807, 2.05) is 6.92 Å².